The van der Waals surface area contributed by atoms with Crippen molar-refractivity contribution in [3.05, 3.63) is 53.6 Å². The molecule has 1 aliphatic heterocycles. The van der Waals surface area contributed by atoms with Gasteiger partial charge in [-0.25, -0.2) is 9.37 Å². The number of benzene rings is 2. The van der Waals surface area contributed by atoms with Gasteiger partial charge in [-0.3, -0.25) is 9.59 Å². The quantitative estimate of drug-likeness (QED) is 0.696. The molecule has 1 aromatic heterocycles. The van der Waals surface area contributed by atoms with Crippen LogP contribution >= 0.6 is 0 Å². The highest BCUT2D eigenvalue weighted by Crippen LogP contribution is 2.27. The first kappa shape index (κ1) is 19.1. The average molecular weight is 395 g/mol. The topological polar surface area (TPSA) is 79.3 Å². The SMILES string of the molecule is CN(C)CCn1cnc2cc(NC(=O)c3cc4c(cc3F)NC(=O)CC4)ccc21. The van der Waals surface area contributed by atoms with Crippen molar-refractivity contribution in [2.24, 2.45) is 0 Å². The van der Waals surface area contributed by atoms with E-state index >= 15 is 0 Å². The number of hydrogen-bond acceptors (Lipinski definition) is 4. The molecule has 2 heterocycles. The third kappa shape index (κ3) is 3.97. The first-order valence-corrected chi connectivity index (χ1v) is 9.44. The number of carbonyl (C=O) groups excluding carboxylic acids is 2. The number of rotatable bonds is 5. The van der Waals surface area contributed by atoms with Crippen molar-refractivity contribution < 1.29 is 14.0 Å². The number of aryl methyl sites for hydroxylation is 1. The number of fused-ring (bicyclic) bond motifs is 2. The number of likely N-dealkylation sites (N-methyl/N-ethyl adjacent to an activating group) is 1. The molecule has 2 amide bonds. The van der Waals surface area contributed by atoms with Crippen LogP contribution in [0.2, 0.25) is 0 Å². The highest BCUT2D eigenvalue weighted by atomic mass is 19.1. The molecule has 0 fully saturated rings. The minimum Gasteiger partial charge on any atom is -0.329 e. The van der Waals surface area contributed by atoms with E-state index in [2.05, 4.69) is 25.1 Å². The molecule has 0 aliphatic carbocycles. The van der Waals surface area contributed by atoms with E-state index in [9.17, 15) is 14.0 Å². The van der Waals surface area contributed by atoms with Crippen molar-refractivity contribution in [2.45, 2.75) is 19.4 Å². The van der Waals surface area contributed by atoms with Gasteiger partial charge in [0, 0.05) is 30.9 Å². The number of aromatic nitrogens is 2. The number of halogens is 1. The maximum Gasteiger partial charge on any atom is 0.258 e. The van der Waals surface area contributed by atoms with Gasteiger partial charge >= 0.3 is 0 Å². The molecule has 0 saturated carbocycles. The van der Waals surface area contributed by atoms with Crippen LogP contribution in [0.4, 0.5) is 15.8 Å². The predicted molar refractivity (Wildman–Crippen MR) is 110 cm³/mol. The van der Waals surface area contributed by atoms with Gasteiger partial charge in [-0.05, 0) is 56.4 Å². The van der Waals surface area contributed by atoms with Crippen LogP contribution in [0.15, 0.2) is 36.7 Å². The smallest absolute Gasteiger partial charge is 0.258 e. The van der Waals surface area contributed by atoms with Crippen molar-refractivity contribution in [1.29, 1.82) is 0 Å². The van der Waals surface area contributed by atoms with E-state index in [1.807, 2.05) is 20.2 Å². The number of carbonyl (C=O) groups is 2. The molecule has 29 heavy (non-hydrogen) atoms. The average Bonchev–Trinajstić information content (AvgIpc) is 3.07. The number of nitrogens with one attached hydrogen (secondary N) is 2. The Kier molecular flexibility index (Phi) is 5.02. The zero-order chi connectivity index (χ0) is 20.5. The molecular weight excluding hydrogens is 373 g/mol. The van der Waals surface area contributed by atoms with E-state index in [0.717, 1.165) is 29.7 Å². The van der Waals surface area contributed by atoms with Crippen LogP contribution < -0.4 is 10.6 Å². The van der Waals surface area contributed by atoms with Crippen molar-refractivity contribution >= 4 is 34.2 Å². The van der Waals surface area contributed by atoms with Crippen LogP contribution in [-0.2, 0) is 17.8 Å². The van der Waals surface area contributed by atoms with Gasteiger partial charge in [-0.15, -0.1) is 0 Å². The van der Waals surface area contributed by atoms with Gasteiger partial charge in [0.2, 0.25) is 5.91 Å². The molecule has 2 aromatic carbocycles. The Morgan fingerprint density at radius 3 is 2.90 bits per heavy atom. The molecule has 8 heteroatoms. The first-order valence-electron chi connectivity index (χ1n) is 9.44. The summed E-state index contributed by atoms with van der Waals surface area (Å²) >= 11 is 0. The molecule has 3 aromatic rings. The third-order valence-corrected chi connectivity index (χ3v) is 5.00. The maximum absolute atomic E-state index is 14.4. The number of anilines is 2. The minimum absolute atomic E-state index is 0.0449. The molecule has 0 saturated heterocycles. The van der Waals surface area contributed by atoms with Crippen LogP contribution in [-0.4, -0.2) is 46.9 Å². The molecule has 150 valence electrons. The summed E-state index contributed by atoms with van der Waals surface area (Å²) in [6, 6.07) is 8.16. The van der Waals surface area contributed by atoms with Crippen LogP contribution in [0.25, 0.3) is 11.0 Å². The molecular formula is C21H22FN5O2. The van der Waals surface area contributed by atoms with Gasteiger partial charge in [0.05, 0.1) is 22.9 Å². The van der Waals surface area contributed by atoms with Crippen molar-refractivity contribution in [1.82, 2.24) is 14.5 Å². The van der Waals surface area contributed by atoms with Gasteiger partial charge in [0.15, 0.2) is 0 Å². The molecule has 0 radical (unpaired) electrons. The van der Waals surface area contributed by atoms with Crippen LogP contribution in [0.1, 0.15) is 22.3 Å². The monoisotopic (exact) mass is 395 g/mol. The van der Waals surface area contributed by atoms with E-state index in [4.69, 9.17) is 0 Å². The van der Waals surface area contributed by atoms with E-state index in [1.165, 1.54) is 12.1 Å². The summed E-state index contributed by atoms with van der Waals surface area (Å²) in [7, 11) is 4.03. The standard InChI is InChI=1S/C21H22FN5O2/c1-26(2)7-8-27-12-23-18-10-14(4-5-19(18)27)24-21(29)15-9-13-3-6-20(28)25-17(13)11-16(15)22/h4-5,9-12H,3,6-8H2,1-2H3,(H,24,29)(H,25,28). The Bertz CT molecular complexity index is 1110. The molecule has 0 unspecified atom stereocenters. The fourth-order valence-corrected chi connectivity index (χ4v) is 3.40. The van der Waals surface area contributed by atoms with Crippen LogP contribution in [0, 0.1) is 5.82 Å². The summed E-state index contributed by atoms with van der Waals surface area (Å²) in [4.78, 5) is 30.6. The summed E-state index contributed by atoms with van der Waals surface area (Å²) in [5, 5.41) is 5.37. The van der Waals surface area contributed by atoms with Gasteiger partial charge in [0.1, 0.15) is 5.82 Å². The Morgan fingerprint density at radius 2 is 2.10 bits per heavy atom. The number of nitrogens with zero attached hydrogens (tertiary/aromatic N) is 3. The molecule has 0 bridgehead atoms. The van der Waals surface area contributed by atoms with E-state index < -0.39 is 11.7 Å². The zero-order valence-corrected chi connectivity index (χ0v) is 16.3. The summed E-state index contributed by atoms with van der Waals surface area (Å²) in [6.45, 7) is 1.70. The predicted octanol–water partition coefficient (Wildman–Crippen LogP) is 2.87. The van der Waals surface area contributed by atoms with E-state index in [0.29, 0.717) is 24.2 Å². The highest BCUT2D eigenvalue weighted by molar-refractivity contribution is 6.06. The van der Waals surface area contributed by atoms with Crippen molar-refractivity contribution in [3.63, 3.8) is 0 Å². The lowest BCUT2D eigenvalue weighted by molar-refractivity contribution is -0.116. The first-order chi connectivity index (χ1) is 13.9. The minimum atomic E-state index is -0.669. The van der Waals surface area contributed by atoms with Crippen LogP contribution in [0.5, 0.6) is 0 Å². The highest BCUT2D eigenvalue weighted by Gasteiger charge is 2.21. The third-order valence-electron chi connectivity index (χ3n) is 5.00. The molecule has 0 atom stereocenters. The van der Waals surface area contributed by atoms with Crippen molar-refractivity contribution in [3.8, 4) is 0 Å². The second-order valence-corrected chi connectivity index (χ2v) is 7.44. The Balaban J connectivity index is 1.54. The van der Waals surface area contributed by atoms with E-state index in [1.54, 1.807) is 18.5 Å². The molecule has 1 aliphatic rings. The number of hydrogen-bond donors (Lipinski definition) is 2. The number of amides is 2. The Hall–Kier alpha value is -3.26. The van der Waals surface area contributed by atoms with E-state index in [-0.39, 0.29) is 11.5 Å². The second-order valence-electron chi connectivity index (χ2n) is 7.44. The summed E-state index contributed by atoms with van der Waals surface area (Å²) < 4.78 is 16.5. The number of imidazole rings is 1. The lowest BCUT2D eigenvalue weighted by atomic mass is 9.99. The summed E-state index contributed by atoms with van der Waals surface area (Å²) in [5.41, 5.74) is 3.42. The largest absolute Gasteiger partial charge is 0.329 e. The van der Waals surface area contributed by atoms with Gasteiger partial charge in [0.25, 0.3) is 5.91 Å². The lowest BCUT2D eigenvalue weighted by Crippen LogP contribution is -2.21. The Morgan fingerprint density at radius 1 is 1.28 bits per heavy atom. The molecule has 4 rings (SSSR count). The lowest BCUT2D eigenvalue weighted by Gasteiger charge is -2.18. The summed E-state index contributed by atoms with van der Waals surface area (Å²) in [6.07, 6.45) is 2.59. The van der Waals surface area contributed by atoms with Gasteiger partial charge < -0.3 is 20.1 Å². The van der Waals surface area contributed by atoms with Gasteiger partial charge in [-0.2, -0.15) is 0 Å². The Labute approximate surface area is 167 Å². The maximum atomic E-state index is 14.4. The molecule has 2 N–H and O–H groups in total. The zero-order valence-electron chi connectivity index (χ0n) is 16.3. The molecule has 7 nitrogen and oxygen atoms in total. The normalized spacial score (nSPS) is 13.4. The fourth-order valence-electron chi connectivity index (χ4n) is 3.40. The van der Waals surface area contributed by atoms with Gasteiger partial charge in [-0.1, -0.05) is 0 Å². The second kappa shape index (κ2) is 7.63. The van der Waals surface area contributed by atoms with Crippen LogP contribution in [0.3, 0.4) is 0 Å². The fraction of sp³-hybridized carbons (Fsp3) is 0.286. The van der Waals surface area contributed by atoms with Crippen molar-refractivity contribution in [2.75, 3.05) is 31.3 Å². The molecule has 0 spiro atoms. The summed E-state index contributed by atoms with van der Waals surface area (Å²) in [5.74, 6) is -1.35.